The third kappa shape index (κ3) is 3.60. The normalized spacial score (nSPS) is 11.1. The fraction of sp³-hybridized carbons (Fsp3) is 0.400. The maximum absolute atomic E-state index is 12.1. The van der Waals surface area contributed by atoms with Crippen molar-refractivity contribution in [2.45, 2.75) is 25.0 Å². The highest BCUT2D eigenvalue weighted by atomic mass is 79.9. The Bertz CT molecular complexity index is 454. The Morgan fingerprint density at radius 2 is 2.18 bits per heavy atom. The van der Waals surface area contributed by atoms with Gasteiger partial charge in [0.1, 0.15) is 0 Å². The van der Waals surface area contributed by atoms with Gasteiger partial charge >= 0.3 is 6.36 Å². The number of halogens is 4. The molecule has 0 spiro atoms. The first-order chi connectivity index (χ1) is 7.89. The number of alkyl halides is 4. The minimum absolute atomic E-state index is 0.102. The number of ether oxygens (including phenoxy) is 1. The Hall–Kier alpha value is -1.29. The molecule has 1 rings (SSSR count). The third-order valence-electron chi connectivity index (χ3n) is 2.15. The van der Waals surface area contributed by atoms with Gasteiger partial charge in [0.15, 0.2) is 0 Å². The van der Waals surface area contributed by atoms with Crippen molar-refractivity contribution in [2.75, 3.05) is 0 Å². The molecule has 0 aliphatic rings. The van der Waals surface area contributed by atoms with Crippen LogP contribution in [0.25, 0.3) is 0 Å². The molecule has 0 unspecified atom stereocenters. The number of hydrogen-bond acceptors (Lipinski definition) is 3. The second-order valence-corrected chi connectivity index (χ2v) is 3.77. The molecular formula is C10H8BrF3N2O. The van der Waals surface area contributed by atoms with E-state index in [2.05, 4.69) is 25.7 Å². The molecule has 1 aromatic rings. The summed E-state index contributed by atoms with van der Waals surface area (Å²) in [4.78, 5) is 3.59. The average molecular weight is 309 g/mol. The molecule has 0 saturated heterocycles. The number of nitrogens with zero attached hydrogens (tertiary/aromatic N) is 2. The predicted octanol–water partition coefficient (Wildman–Crippen LogP) is 3.25. The van der Waals surface area contributed by atoms with E-state index in [-0.39, 0.29) is 11.8 Å². The highest BCUT2D eigenvalue weighted by Gasteiger charge is 2.33. The van der Waals surface area contributed by atoms with Gasteiger partial charge in [-0.15, -0.1) is 13.2 Å². The summed E-state index contributed by atoms with van der Waals surface area (Å²) >= 11 is 3.08. The second kappa shape index (κ2) is 5.36. The second-order valence-electron chi connectivity index (χ2n) is 3.21. The lowest BCUT2D eigenvalue weighted by Crippen LogP contribution is -2.19. The number of nitriles is 1. The topological polar surface area (TPSA) is 45.9 Å². The van der Waals surface area contributed by atoms with Crippen molar-refractivity contribution >= 4 is 15.9 Å². The van der Waals surface area contributed by atoms with E-state index in [0.717, 1.165) is 0 Å². The molecule has 0 N–H and O–H groups in total. The summed E-state index contributed by atoms with van der Waals surface area (Å²) in [5.74, 6) is -0.478. The molecule has 1 heterocycles. The van der Waals surface area contributed by atoms with Crippen molar-refractivity contribution in [3.8, 4) is 11.9 Å². The van der Waals surface area contributed by atoms with Gasteiger partial charge in [0.2, 0.25) is 5.88 Å². The summed E-state index contributed by atoms with van der Waals surface area (Å²) in [6.45, 7) is 1.63. The monoisotopic (exact) mass is 308 g/mol. The van der Waals surface area contributed by atoms with Crippen LogP contribution < -0.4 is 4.74 Å². The van der Waals surface area contributed by atoms with E-state index in [1.165, 1.54) is 6.20 Å². The summed E-state index contributed by atoms with van der Waals surface area (Å²) in [6.07, 6.45) is -3.44. The van der Waals surface area contributed by atoms with Crippen LogP contribution in [0.3, 0.4) is 0 Å². The van der Waals surface area contributed by atoms with E-state index < -0.39 is 12.2 Å². The van der Waals surface area contributed by atoms with Crippen molar-refractivity contribution in [3.05, 3.63) is 22.9 Å². The third-order valence-corrected chi connectivity index (χ3v) is 2.71. The molecule has 92 valence electrons. The number of aromatic nitrogens is 1. The quantitative estimate of drug-likeness (QED) is 0.805. The largest absolute Gasteiger partial charge is 0.574 e. The van der Waals surface area contributed by atoms with E-state index in [9.17, 15) is 13.2 Å². The zero-order valence-corrected chi connectivity index (χ0v) is 10.4. The number of hydrogen-bond donors (Lipinski definition) is 0. The van der Waals surface area contributed by atoms with Gasteiger partial charge in [0.25, 0.3) is 0 Å². The zero-order valence-electron chi connectivity index (χ0n) is 8.81. The van der Waals surface area contributed by atoms with Gasteiger partial charge in [-0.1, -0.05) is 15.9 Å². The molecule has 17 heavy (non-hydrogen) atoms. The maximum Gasteiger partial charge on any atom is 0.574 e. The van der Waals surface area contributed by atoms with Crippen LogP contribution in [0.4, 0.5) is 13.2 Å². The van der Waals surface area contributed by atoms with Crippen LogP contribution in [0.5, 0.6) is 5.88 Å². The lowest BCUT2D eigenvalue weighted by Gasteiger charge is -2.14. The van der Waals surface area contributed by atoms with Crippen LogP contribution >= 0.6 is 15.9 Å². The smallest absolute Gasteiger partial charge is 0.388 e. The van der Waals surface area contributed by atoms with Gasteiger partial charge in [-0.3, -0.25) is 0 Å². The van der Waals surface area contributed by atoms with Gasteiger partial charge in [-0.25, -0.2) is 4.98 Å². The average Bonchev–Trinajstić information content (AvgIpc) is 2.21. The van der Waals surface area contributed by atoms with Crippen LogP contribution in [-0.4, -0.2) is 11.3 Å². The predicted molar refractivity (Wildman–Crippen MR) is 57.6 cm³/mol. The Kier molecular flexibility index (Phi) is 4.34. The van der Waals surface area contributed by atoms with Gasteiger partial charge < -0.3 is 4.74 Å². The summed E-state index contributed by atoms with van der Waals surface area (Å²) in [5, 5.41) is 8.74. The first-order valence-electron chi connectivity index (χ1n) is 4.55. The minimum atomic E-state index is -4.77. The van der Waals surface area contributed by atoms with Gasteiger partial charge in [0.05, 0.1) is 12.5 Å². The number of rotatable bonds is 3. The van der Waals surface area contributed by atoms with Crippen LogP contribution in [0, 0.1) is 18.3 Å². The standard InChI is InChI=1S/C10H8BrF3N2O/c1-6-7(2-3-15)5-16-9(8(6)4-11)17-10(12,13)14/h5H,2,4H2,1H3. The van der Waals surface area contributed by atoms with Crippen molar-refractivity contribution in [2.24, 2.45) is 0 Å². The van der Waals surface area contributed by atoms with E-state index >= 15 is 0 Å². The molecule has 0 radical (unpaired) electrons. The van der Waals surface area contributed by atoms with E-state index in [4.69, 9.17) is 5.26 Å². The van der Waals surface area contributed by atoms with E-state index in [1.54, 1.807) is 6.92 Å². The summed E-state index contributed by atoms with van der Waals surface area (Å²) in [6, 6.07) is 1.93. The first kappa shape index (κ1) is 13.8. The molecule has 0 amide bonds. The van der Waals surface area contributed by atoms with Crippen molar-refractivity contribution in [1.29, 1.82) is 5.26 Å². The van der Waals surface area contributed by atoms with Crippen molar-refractivity contribution < 1.29 is 17.9 Å². The fourth-order valence-corrected chi connectivity index (χ4v) is 1.94. The highest BCUT2D eigenvalue weighted by Crippen LogP contribution is 2.29. The Morgan fingerprint density at radius 1 is 1.53 bits per heavy atom. The Morgan fingerprint density at radius 3 is 2.65 bits per heavy atom. The molecule has 0 atom stereocenters. The molecule has 0 aromatic carbocycles. The Labute approximate surface area is 104 Å². The SMILES string of the molecule is Cc1c(CC#N)cnc(OC(F)(F)F)c1CBr. The lowest BCUT2D eigenvalue weighted by molar-refractivity contribution is -0.276. The van der Waals surface area contributed by atoms with Crippen molar-refractivity contribution in [3.63, 3.8) is 0 Å². The van der Waals surface area contributed by atoms with Crippen LogP contribution in [0.2, 0.25) is 0 Å². The van der Waals surface area contributed by atoms with Gasteiger partial charge in [-0.05, 0) is 18.1 Å². The van der Waals surface area contributed by atoms with Gasteiger partial charge in [-0.2, -0.15) is 5.26 Å². The molecule has 7 heteroatoms. The molecule has 3 nitrogen and oxygen atoms in total. The van der Waals surface area contributed by atoms with Crippen LogP contribution in [-0.2, 0) is 11.8 Å². The molecule has 0 fully saturated rings. The van der Waals surface area contributed by atoms with E-state index in [1.807, 2.05) is 6.07 Å². The first-order valence-corrected chi connectivity index (χ1v) is 5.67. The Balaban J connectivity index is 3.17. The maximum atomic E-state index is 12.1. The number of pyridine rings is 1. The van der Waals surface area contributed by atoms with Crippen LogP contribution in [0.1, 0.15) is 16.7 Å². The minimum Gasteiger partial charge on any atom is -0.388 e. The molecule has 1 aromatic heterocycles. The molecule has 0 bridgehead atoms. The summed E-state index contributed by atoms with van der Waals surface area (Å²) in [5.41, 5.74) is 1.48. The lowest BCUT2D eigenvalue weighted by atomic mass is 10.0. The highest BCUT2D eigenvalue weighted by molar-refractivity contribution is 9.08. The van der Waals surface area contributed by atoms with Crippen molar-refractivity contribution in [1.82, 2.24) is 4.98 Å². The van der Waals surface area contributed by atoms with E-state index in [0.29, 0.717) is 16.7 Å². The molecular weight excluding hydrogens is 301 g/mol. The fourth-order valence-electron chi connectivity index (χ4n) is 1.28. The summed E-state index contributed by atoms with van der Waals surface area (Å²) < 4.78 is 40.1. The summed E-state index contributed by atoms with van der Waals surface area (Å²) in [7, 11) is 0. The molecule has 0 saturated carbocycles. The van der Waals surface area contributed by atoms with Crippen LogP contribution in [0.15, 0.2) is 6.20 Å². The zero-order chi connectivity index (χ0) is 13.1. The molecule has 0 aliphatic carbocycles. The van der Waals surface area contributed by atoms with Gasteiger partial charge in [0, 0.05) is 17.1 Å². The molecule has 0 aliphatic heterocycles.